The molecule has 1 aromatic heterocycles. The van der Waals surface area contributed by atoms with Gasteiger partial charge in [-0.25, -0.2) is 4.79 Å². The summed E-state index contributed by atoms with van der Waals surface area (Å²) in [5.41, 5.74) is 7.21. The van der Waals surface area contributed by atoms with Crippen molar-refractivity contribution < 1.29 is 14.6 Å². The Hall–Kier alpha value is -2.01. The number of fused-ring (bicyclic) bond motifs is 1. The van der Waals surface area contributed by atoms with Crippen LogP contribution in [-0.4, -0.2) is 29.7 Å². The zero-order valence-corrected chi connectivity index (χ0v) is 9.49. The maximum absolute atomic E-state index is 11.1. The van der Waals surface area contributed by atoms with Crippen LogP contribution in [0.25, 0.3) is 10.9 Å². The van der Waals surface area contributed by atoms with Gasteiger partial charge in [0.05, 0.1) is 12.6 Å². The van der Waals surface area contributed by atoms with E-state index in [0.29, 0.717) is 18.7 Å². The third-order valence-electron chi connectivity index (χ3n) is 2.72. The molecule has 1 aromatic carbocycles. The molecule has 0 aliphatic carbocycles. The van der Waals surface area contributed by atoms with Gasteiger partial charge in [-0.1, -0.05) is 0 Å². The number of rotatable bonds is 4. The minimum Gasteiger partial charge on any atom is -0.497 e. The van der Waals surface area contributed by atoms with Crippen molar-refractivity contribution in [3.63, 3.8) is 0 Å². The monoisotopic (exact) mass is 234 g/mol. The van der Waals surface area contributed by atoms with Crippen LogP contribution in [0.5, 0.6) is 5.75 Å². The number of hydrogen-bond acceptors (Lipinski definition) is 3. The molecule has 17 heavy (non-hydrogen) atoms. The lowest BCUT2D eigenvalue weighted by Crippen LogP contribution is -2.07. The molecule has 0 bridgehead atoms. The van der Waals surface area contributed by atoms with Gasteiger partial charge in [0.2, 0.25) is 0 Å². The number of nitrogens with one attached hydrogen (secondary N) is 1. The lowest BCUT2D eigenvalue weighted by atomic mass is 10.1. The summed E-state index contributed by atoms with van der Waals surface area (Å²) in [5.74, 6) is -0.279. The highest BCUT2D eigenvalue weighted by molar-refractivity contribution is 5.97. The summed E-state index contributed by atoms with van der Waals surface area (Å²) in [7, 11) is 1.57. The van der Waals surface area contributed by atoms with E-state index >= 15 is 0 Å². The molecule has 2 aromatic rings. The average molecular weight is 234 g/mol. The minimum absolute atomic E-state index is 0.207. The molecule has 5 heteroatoms. The molecular weight excluding hydrogens is 220 g/mol. The van der Waals surface area contributed by atoms with E-state index in [9.17, 15) is 4.79 Å². The third kappa shape index (κ3) is 1.97. The topological polar surface area (TPSA) is 88.3 Å². The molecule has 0 radical (unpaired) electrons. The average Bonchev–Trinajstić information content (AvgIpc) is 2.68. The lowest BCUT2D eigenvalue weighted by Gasteiger charge is -2.00. The van der Waals surface area contributed by atoms with Gasteiger partial charge in [-0.3, -0.25) is 0 Å². The molecule has 0 unspecified atom stereocenters. The molecular formula is C12H14N2O3. The van der Waals surface area contributed by atoms with Crippen molar-refractivity contribution >= 4 is 16.9 Å². The van der Waals surface area contributed by atoms with Crippen LogP contribution in [0.4, 0.5) is 0 Å². The van der Waals surface area contributed by atoms with E-state index in [1.165, 1.54) is 0 Å². The number of benzene rings is 1. The van der Waals surface area contributed by atoms with E-state index in [2.05, 4.69) is 4.98 Å². The van der Waals surface area contributed by atoms with Gasteiger partial charge in [-0.15, -0.1) is 0 Å². The number of carboxylic acids is 1. The summed E-state index contributed by atoms with van der Waals surface area (Å²) in [6, 6.07) is 5.44. The number of carbonyl (C=O) groups is 1. The van der Waals surface area contributed by atoms with Crippen LogP contribution >= 0.6 is 0 Å². The van der Waals surface area contributed by atoms with Crippen LogP contribution < -0.4 is 10.5 Å². The van der Waals surface area contributed by atoms with Gasteiger partial charge in [0.1, 0.15) is 11.4 Å². The minimum atomic E-state index is -0.969. The first-order valence-corrected chi connectivity index (χ1v) is 5.29. The lowest BCUT2D eigenvalue weighted by molar-refractivity contribution is 0.0690. The summed E-state index contributed by atoms with van der Waals surface area (Å²) in [6.45, 7) is 0.416. The molecule has 0 atom stereocenters. The van der Waals surface area contributed by atoms with Crippen molar-refractivity contribution in [1.29, 1.82) is 0 Å². The summed E-state index contributed by atoms with van der Waals surface area (Å²) in [6.07, 6.45) is 0.536. The molecule has 0 saturated heterocycles. The molecule has 4 N–H and O–H groups in total. The van der Waals surface area contributed by atoms with Crippen LogP contribution in [0.3, 0.4) is 0 Å². The molecule has 0 spiro atoms. The number of ether oxygens (including phenoxy) is 1. The first kappa shape index (κ1) is 11.5. The fourth-order valence-electron chi connectivity index (χ4n) is 1.95. The summed E-state index contributed by atoms with van der Waals surface area (Å²) < 4.78 is 5.10. The molecule has 2 rings (SSSR count). The Bertz CT molecular complexity index is 560. The molecule has 0 amide bonds. The molecule has 0 fully saturated rings. The van der Waals surface area contributed by atoms with Gasteiger partial charge in [-0.2, -0.15) is 0 Å². The van der Waals surface area contributed by atoms with Crippen molar-refractivity contribution in [2.24, 2.45) is 5.73 Å². The number of hydrogen-bond donors (Lipinski definition) is 3. The Morgan fingerprint density at radius 1 is 1.53 bits per heavy atom. The van der Waals surface area contributed by atoms with Crippen molar-refractivity contribution in [2.45, 2.75) is 6.42 Å². The van der Waals surface area contributed by atoms with Crippen molar-refractivity contribution in [3.05, 3.63) is 29.5 Å². The first-order valence-electron chi connectivity index (χ1n) is 5.29. The summed E-state index contributed by atoms with van der Waals surface area (Å²) in [4.78, 5) is 14.0. The normalized spacial score (nSPS) is 10.7. The first-order chi connectivity index (χ1) is 8.17. The Morgan fingerprint density at radius 3 is 2.88 bits per heavy atom. The van der Waals surface area contributed by atoms with Crippen LogP contribution in [-0.2, 0) is 6.42 Å². The number of carboxylic acid groups (broad SMARTS) is 1. The quantitative estimate of drug-likeness (QED) is 0.745. The smallest absolute Gasteiger partial charge is 0.352 e. The van der Waals surface area contributed by atoms with E-state index in [1.54, 1.807) is 13.2 Å². The Kier molecular flexibility index (Phi) is 3.01. The maximum Gasteiger partial charge on any atom is 0.352 e. The number of nitrogens with two attached hydrogens (primary N) is 1. The zero-order chi connectivity index (χ0) is 12.4. The predicted molar refractivity (Wildman–Crippen MR) is 64.6 cm³/mol. The highest BCUT2D eigenvalue weighted by Gasteiger charge is 2.16. The predicted octanol–water partition coefficient (Wildman–Crippen LogP) is 1.38. The molecule has 0 aliphatic rings. The molecule has 0 saturated carbocycles. The largest absolute Gasteiger partial charge is 0.497 e. The van der Waals surface area contributed by atoms with E-state index in [1.807, 2.05) is 12.1 Å². The van der Waals surface area contributed by atoms with Crippen LogP contribution in [0, 0.1) is 0 Å². The van der Waals surface area contributed by atoms with Crippen molar-refractivity contribution in [1.82, 2.24) is 4.98 Å². The van der Waals surface area contributed by atoms with Crippen LogP contribution in [0.1, 0.15) is 16.1 Å². The molecule has 0 aliphatic heterocycles. The molecule has 90 valence electrons. The fourth-order valence-corrected chi connectivity index (χ4v) is 1.95. The third-order valence-corrected chi connectivity index (χ3v) is 2.72. The number of aromatic amines is 1. The zero-order valence-electron chi connectivity index (χ0n) is 9.49. The van der Waals surface area contributed by atoms with Gasteiger partial charge < -0.3 is 20.6 Å². The number of H-pyrrole nitrogens is 1. The number of aromatic carboxylic acids is 1. The number of methoxy groups -OCH3 is 1. The molecule has 1 heterocycles. The summed E-state index contributed by atoms with van der Waals surface area (Å²) >= 11 is 0. The van der Waals surface area contributed by atoms with Gasteiger partial charge in [-0.05, 0) is 30.7 Å². The summed E-state index contributed by atoms with van der Waals surface area (Å²) in [5, 5.41) is 10.00. The highest BCUT2D eigenvalue weighted by atomic mass is 16.5. The van der Waals surface area contributed by atoms with Gasteiger partial charge in [0, 0.05) is 11.5 Å². The van der Waals surface area contributed by atoms with E-state index in [0.717, 1.165) is 16.5 Å². The van der Waals surface area contributed by atoms with Gasteiger partial charge in [0.15, 0.2) is 0 Å². The van der Waals surface area contributed by atoms with E-state index in [-0.39, 0.29) is 5.69 Å². The molecule has 5 nitrogen and oxygen atoms in total. The number of aromatic nitrogens is 1. The van der Waals surface area contributed by atoms with Gasteiger partial charge >= 0.3 is 5.97 Å². The second-order valence-corrected chi connectivity index (χ2v) is 3.73. The van der Waals surface area contributed by atoms with Crippen molar-refractivity contribution in [2.75, 3.05) is 13.7 Å². The highest BCUT2D eigenvalue weighted by Crippen LogP contribution is 2.26. The second-order valence-electron chi connectivity index (χ2n) is 3.73. The van der Waals surface area contributed by atoms with Crippen LogP contribution in [0.15, 0.2) is 18.2 Å². The van der Waals surface area contributed by atoms with E-state index in [4.69, 9.17) is 15.6 Å². The van der Waals surface area contributed by atoms with E-state index < -0.39 is 5.97 Å². The van der Waals surface area contributed by atoms with Crippen molar-refractivity contribution in [3.8, 4) is 5.75 Å². The Morgan fingerprint density at radius 2 is 2.29 bits per heavy atom. The van der Waals surface area contributed by atoms with Gasteiger partial charge in [0.25, 0.3) is 0 Å². The Balaban J connectivity index is 2.65. The Labute approximate surface area is 98.2 Å². The second kappa shape index (κ2) is 4.47. The standard InChI is InChI=1S/C12H14N2O3/c1-17-7-2-3-8-9(4-5-13)11(12(15)16)14-10(8)6-7/h2-3,6,14H,4-5,13H2,1H3,(H,15,16). The van der Waals surface area contributed by atoms with Crippen LogP contribution in [0.2, 0.25) is 0 Å². The SMILES string of the molecule is COc1ccc2c(CCN)c(C(=O)O)[nH]c2c1. The maximum atomic E-state index is 11.1. The fraction of sp³-hybridized carbons (Fsp3) is 0.250.